The molecule has 0 atom stereocenters. The van der Waals surface area contributed by atoms with Crippen molar-refractivity contribution in [1.29, 1.82) is 0 Å². The van der Waals surface area contributed by atoms with Gasteiger partial charge in [0.05, 0.1) is 4.92 Å². The van der Waals surface area contributed by atoms with Gasteiger partial charge in [-0.3, -0.25) is 15.1 Å². The van der Waals surface area contributed by atoms with Crippen molar-refractivity contribution >= 4 is 17.3 Å². The normalized spacial score (nSPS) is 10.2. The molecule has 0 saturated carbocycles. The molecule has 21 heavy (non-hydrogen) atoms. The molecule has 2 aromatic rings. The summed E-state index contributed by atoms with van der Waals surface area (Å²) in [7, 11) is 1.75. The summed E-state index contributed by atoms with van der Waals surface area (Å²) in [5.74, 6) is 0.500. The van der Waals surface area contributed by atoms with Crippen LogP contribution in [0.1, 0.15) is 12.5 Å². The Bertz CT molecular complexity index is 619. The van der Waals surface area contributed by atoms with Gasteiger partial charge in [0.15, 0.2) is 0 Å². The minimum atomic E-state index is -0.465. The van der Waals surface area contributed by atoms with E-state index in [0.717, 1.165) is 5.56 Å². The average Bonchev–Trinajstić information content (AvgIpc) is 2.48. The molecule has 2 rings (SSSR count). The van der Waals surface area contributed by atoms with E-state index < -0.39 is 4.92 Å². The number of rotatable bonds is 6. The van der Waals surface area contributed by atoms with E-state index in [0.29, 0.717) is 13.1 Å². The van der Waals surface area contributed by atoms with Gasteiger partial charge in [0.25, 0.3) is 0 Å². The van der Waals surface area contributed by atoms with Crippen LogP contribution < -0.4 is 10.2 Å². The van der Waals surface area contributed by atoms with Crippen molar-refractivity contribution in [3.63, 3.8) is 0 Å². The Morgan fingerprint density at radius 3 is 2.86 bits per heavy atom. The second-order valence-electron chi connectivity index (χ2n) is 4.40. The molecule has 0 amide bonds. The van der Waals surface area contributed by atoms with Crippen LogP contribution >= 0.6 is 0 Å². The Labute approximate surface area is 122 Å². The van der Waals surface area contributed by atoms with Crippen LogP contribution in [-0.4, -0.2) is 33.5 Å². The van der Waals surface area contributed by atoms with Crippen molar-refractivity contribution in [3.05, 3.63) is 46.5 Å². The molecule has 0 unspecified atom stereocenters. The zero-order valence-electron chi connectivity index (χ0n) is 11.9. The van der Waals surface area contributed by atoms with E-state index >= 15 is 0 Å². The molecule has 0 aliphatic heterocycles. The summed E-state index contributed by atoms with van der Waals surface area (Å²) in [5.41, 5.74) is 0.823. The molecule has 0 aliphatic rings. The number of aromatic nitrogens is 3. The fraction of sp³-hybridized carbons (Fsp3) is 0.308. The van der Waals surface area contributed by atoms with Crippen LogP contribution in [-0.2, 0) is 6.54 Å². The molecule has 0 aromatic carbocycles. The van der Waals surface area contributed by atoms with Crippen LogP contribution in [0.25, 0.3) is 0 Å². The van der Waals surface area contributed by atoms with E-state index in [1.54, 1.807) is 24.3 Å². The molecule has 8 heteroatoms. The molecular weight excluding hydrogens is 272 g/mol. The monoisotopic (exact) mass is 288 g/mol. The predicted molar refractivity (Wildman–Crippen MR) is 79.2 cm³/mol. The lowest BCUT2D eigenvalue weighted by Crippen LogP contribution is -2.20. The molecule has 0 saturated heterocycles. The third kappa shape index (κ3) is 3.41. The third-order valence-electron chi connectivity index (χ3n) is 2.83. The number of anilines is 2. The van der Waals surface area contributed by atoms with E-state index in [1.807, 2.05) is 19.1 Å². The Kier molecular flexibility index (Phi) is 4.60. The SMILES string of the molecule is CCNc1ncnc(N(C)Cc2cccnc2)c1[N+](=O)[O-]. The van der Waals surface area contributed by atoms with Crippen LogP contribution in [0.2, 0.25) is 0 Å². The van der Waals surface area contributed by atoms with Crippen molar-refractivity contribution in [2.24, 2.45) is 0 Å². The molecule has 0 fully saturated rings. The van der Waals surface area contributed by atoms with Crippen LogP contribution in [0.15, 0.2) is 30.9 Å². The first-order valence-corrected chi connectivity index (χ1v) is 6.46. The van der Waals surface area contributed by atoms with Gasteiger partial charge in [0.1, 0.15) is 6.33 Å². The van der Waals surface area contributed by atoms with Gasteiger partial charge in [0, 0.05) is 32.5 Å². The number of hydrogen-bond acceptors (Lipinski definition) is 7. The summed E-state index contributed by atoms with van der Waals surface area (Å²) >= 11 is 0. The number of hydrogen-bond donors (Lipinski definition) is 1. The first-order chi connectivity index (χ1) is 10.1. The number of nitrogens with zero attached hydrogens (tertiary/aromatic N) is 5. The van der Waals surface area contributed by atoms with Gasteiger partial charge < -0.3 is 10.2 Å². The second kappa shape index (κ2) is 6.60. The topological polar surface area (TPSA) is 97.1 Å². The first-order valence-electron chi connectivity index (χ1n) is 6.46. The summed E-state index contributed by atoms with van der Waals surface area (Å²) in [6.07, 6.45) is 4.72. The van der Waals surface area contributed by atoms with Gasteiger partial charge in [-0.05, 0) is 18.6 Å². The maximum absolute atomic E-state index is 11.3. The van der Waals surface area contributed by atoms with Crippen molar-refractivity contribution in [3.8, 4) is 0 Å². The molecule has 2 aromatic heterocycles. The van der Waals surface area contributed by atoms with Gasteiger partial charge in [-0.25, -0.2) is 9.97 Å². The molecule has 0 radical (unpaired) electrons. The molecule has 0 spiro atoms. The van der Waals surface area contributed by atoms with Gasteiger partial charge in [0.2, 0.25) is 11.6 Å². The van der Waals surface area contributed by atoms with Crippen molar-refractivity contribution in [2.45, 2.75) is 13.5 Å². The molecule has 1 N–H and O–H groups in total. The quantitative estimate of drug-likeness (QED) is 0.639. The molecule has 8 nitrogen and oxygen atoms in total. The van der Waals surface area contributed by atoms with Gasteiger partial charge in [-0.1, -0.05) is 6.07 Å². The Balaban J connectivity index is 2.34. The minimum Gasteiger partial charge on any atom is -0.364 e. The molecule has 110 valence electrons. The van der Waals surface area contributed by atoms with E-state index in [1.165, 1.54) is 6.33 Å². The van der Waals surface area contributed by atoms with Gasteiger partial charge >= 0.3 is 5.69 Å². The van der Waals surface area contributed by atoms with Gasteiger partial charge in [-0.2, -0.15) is 0 Å². The second-order valence-corrected chi connectivity index (χ2v) is 4.40. The van der Waals surface area contributed by atoms with E-state index in [4.69, 9.17) is 0 Å². The summed E-state index contributed by atoms with van der Waals surface area (Å²) in [4.78, 5) is 24.6. The molecule has 0 aliphatic carbocycles. The van der Waals surface area contributed by atoms with E-state index in [2.05, 4.69) is 20.3 Å². The van der Waals surface area contributed by atoms with Crippen molar-refractivity contribution < 1.29 is 4.92 Å². The number of nitrogens with one attached hydrogen (secondary N) is 1. The van der Waals surface area contributed by atoms with Crippen LogP contribution in [0.3, 0.4) is 0 Å². The Morgan fingerprint density at radius 2 is 2.24 bits per heavy atom. The smallest absolute Gasteiger partial charge is 0.353 e. The van der Waals surface area contributed by atoms with E-state index in [-0.39, 0.29) is 17.3 Å². The summed E-state index contributed by atoms with van der Waals surface area (Å²) in [6.45, 7) is 2.87. The molecular formula is C13H16N6O2. The lowest BCUT2D eigenvalue weighted by Gasteiger charge is -2.18. The molecule has 0 bridgehead atoms. The maximum Gasteiger partial charge on any atom is 0.353 e. The Hall–Kier alpha value is -2.77. The average molecular weight is 288 g/mol. The molecule has 2 heterocycles. The number of pyridine rings is 1. The maximum atomic E-state index is 11.3. The van der Waals surface area contributed by atoms with Crippen LogP contribution in [0, 0.1) is 10.1 Å². The fourth-order valence-electron chi connectivity index (χ4n) is 1.95. The van der Waals surface area contributed by atoms with Crippen molar-refractivity contribution in [1.82, 2.24) is 15.0 Å². The van der Waals surface area contributed by atoms with Crippen LogP contribution in [0.5, 0.6) is 0 Å². The zero-order valence-corrected chi connectivity index (χ0v) is 11.9. The predicted octanol–water partition coefficient (Wildman–Crippen LogP) is 1.85. The Morgan fingerprint density at radius 1 is 1.43 bits per heavy atom. The van der Waals surface area contributed by atoms with E-state index in [9.17, 15) is 10.1 Å². The zero-order chi connectivity index (χ0) is 15.2. The van der Waals surface area contributed by atoms with Crippen molar-refractivity contribution in [2.75, 3.05) is 23.8 Å². The highest BCUT2D eigenvalue weighted by Gasteiger charge is 2.25. The third-order valence-corrected chi connectivity index (χ3v) is 2.83. The van der Waals surface area contributed by atoms with Crippen LogP contribution in [0.4, 0.5) is 17.3 Å². The summed E-state index contributed by atoms with van der Waals surface area (Å²) < 4.78 is 0. The number of nitro groups is 1. The highest BCUT2D eigenvalue weighted by Crippen LogP contribution is 2.31. The fourth-order valence-corrected chi connectivity index (χ4v) is 1.95. The lowest BCUT2D eigenvalue weighted by molar-refractivity contribution is -0.383. The standard InChI is InChI=1S/C13H16N6O2/c1-3-15-12-11(19(20)21)13(17-9-16-12)18(2)8-10-5-4-6-14-7-10/h4-7,9H,3,8H2,1-2H3,(H,15,16,17). The van der Waals surface area contributed by atoms with Gasteiger partial charge in [-0.15, -0.1) is 0 Å². The highest BCUT2D eigenvalue weighted by molar-refractivity contribution is 5.70. The minimum absolute atomic E-state index is 0.120. The first kappa shape index (κ1) is 14.6. The highest BCUT2D eigenvalue weighted by atomic mass is 16.6. The lowest BCUT2D eigenvalue weighted by atomic mass is 10.2. The summed E-state index contributed by atoms with van der Waals surface area (Å²) in [6, 6.07) is 3.73. The summed E-state index contributed by atoms with van der Waals surface area (Å²) in [5, 5.41) is 14.2. The largest absolute Gasteiger partial charge is 0.364 e.